The second-order valence-corrected chi connectivity index (χ2v) is 8.67. The monoisotopic (exact) mass is 424 g/mol. The SMILES string of the molecule is COc1ccc2c(c1)CN(C(=O)c1ccc(Cl)c(S(=O)(=O)N(C)OC)c1)CC2. The number of fused-ring (bicyclic) bond motifs is 1. The third kappa shape index (κ3) is 3.86. The second-order valence-electron chi connectivity index (χ2n) is 6.35. The van der Waals surface area contributed by atoms with Gasteiger partial charge in [0.1, 0.15) is 10.6 Å². The number of sulfonamides is 1. The number of methoxy groups -OCH3 is 1. The maximum absolute atomic E-state index is 13.0. The van der Waals surface area contributed by atoms with Crippen molar-refractivity contribution < 1.29 is 22.8 Å². The number of benzene rings is 2. The van der Waals surface area contributed by atoms with Crippen molar-refractivity contribution in [3.8, 4) is 5.75 Å². The highest BCUT2D eigenvalue weighted by atomic mass is 35.5. The molecule has 1 aliphatic heterocycles. The number of rotatable bonds is 5. The van der Waals surface area contributed by atoms with Gasteiger partial charge in [-0.1, -0.05) is 22.1 Å². The standard InChI is InChI=1S/C19H21ClN2O5S/c1-21(27-3)28(24,25)18-11-14(5-7-17(18)20)19(23)22-9-8-13-4-6-16(26-2)10-15(13)12-22/h4-7,10-11H,8-9,12H2,1-3H3. The van der Waals surface area contributed by atoms with E-state index in [4.69, 9.17) is 21.2 Å². The van der Waals surface area contributed by atoms with E-state index in [0.717, 1.165) is 17.7 Å². The number of carbonyl (C=O) groups is 1. The normalized spacial score (nSPS) is 14.1. The van der Waals surface area contributed by atoms with Gasteiger partial charge in [0.2, 0.25) is 0 Å². The van der Waals surface area contributed by atoms with Gasteiger partial charge in [-0.25, -0.2) is 8.42 Å². The van der Waals surface area contributed by atoms with Gasteiger partial charge >= 0.3 is 0 Å². The molecule has 0 atom stereocenters. The smallest absolute Gasteiger partial charge is 0.266 e. The molecule has 28 heavy (non-hydrogen) atoms. The number of ether oxygens (including phenoxy) is 1. The molecule has 7 nitrogen and oxygen atoms in total. The minimum atomic E-state index is -3.97. The molecule has 0 fully saturated rings. The molecule has 1 aliphatic rings. The Bertz CT molecular complexity index is 1010. The van der Waals surface area contributed by atoms with E-state index in [-0.39, 0.29) is 21.4 Å². The van der Waals surface area contributed by atoms with E-state index in [9.17, 15) is 13.2 Å². The molecule has 0 aromatic heterocycles. The van der Waals surface area contributed by atoms with Gasteiger partial charge in [0, 0.05) is 25.7 Å². The van der Waals surface area contributed by atoms with Crippen LogP contribution in [0.3, 0.4) is 0 Å². The second kappa shape index (κ2) is 8.08. The summed E-state index contributed by atoms with van der Waals surface area (Å²) in [5.74, 6) is 0.470. The molecule has 1 amide bonds. The maximum atomic E-state index is 13.0. The van der Waals surface area contributed by atoms with E-state index >= 15 is 0 Å². The quantitative estimate of drug-likeness (QED) is 0.690. The Hall–Kier alpha value is -2.13. The number of hydroxylamine groups is 1. The van der Waals surface area contributed by atoms with Crippen molar-refractivity contribution in [2.24, 2.45) is 0 Å². The van der Waals surface area contributed by atoms with Crippen LogP contribution in [0.5, 0.6) is 5.75 Å². The highest BCUT2D eigenvalue weighted by Crippen LogP contribution is 2.28. The molecule has 0 bridgehead atoms. The summed E-state index contributed by atoms with van der Waals surface area (Å²) < 4.78 is 31.1. The molecule has 0 aliphatic carbocycles. The summed E-state index contributed by atoms with van der Waals surface area (Å²) in [5, 5.41) is 0.0224. The van der Waals surface area contributed by atoms with Crippen LogP contribution >= 0.6 is 11.6 Å². The largest absolute Gasteiger partial charge is 0.497 e. The van der Waals surface area contributed by atoms with Crippen molar-refractivity contribution in [1.82, 2.24) is 9.37 Å². The van der Waals surface area contributed by atoms with Gasteiger partial charge in [0.25, 0.3) is 15.9 Å². The van der Waals surface area contributed by atoms with Crippen LogP contribution in [0.1, 0.15) is 21.5 Å². The first-order chi connectivity index (χ1) is 13.3. The van der Waals surface area contributed by atoms with Gasteiger partial charge in [0.05, 0.1) is 19.2 Å². The van der Waals surface area contributed by atoms with Crippen molar-refractivity contribution in [2.75, 3.05) is 27.8 Å². The van der Waals surface area contributed by atoms with Crippen LogP contribution in [-0.4, -0.2) is 51.5 Å². The fourth-order valence-electron chi connectivity index (χ4n) is 3.09. The molecule has 0 saturated heterocycles. The molecule has 2 aromatic carbocycles. The fourth-order valence-corrected chi connectivity index (χ4v) is 4.56. The summed E-state index contributed by atoms with van der Waals surface area (Å²) in [7, 11) is 0.120. The number of nitrogens with zero attached hydrogens (tertiary/aromatic N) is 2. The maximum Gasteiger partial charge on any atom is 0.266 e. The van der Waals surface area contributed by atoms with E-state index in [0.29, 0.717) is 17.6 Å². The van der Waals surface area contributed by atoms with E-state index in [2.05, 4.69) is 0 Å². The van der Waals surface area contributed by atoms with Crippen LogP contribution in [-0.2, 0) is 27.8 Å². The average molecular weight is 425 g/mol. The molecule has 9 heteroatoms. The Balaban J connectivity index is 1.90. The molecule has 0 saturated carbocycles. The lowest BCUT2D eigenvalue weighted by molar-refractivity contribution is -0.0258. The molecule has 0 spiro atoms. The van der Waals surface area contributed by atoms with E-state index < -0.39 is 10.0 Å². The van der Waals surface area contributed by atoms with Gasteiger partial charge in [-0.2, -0.15) is 0 Å². The Kier molecular flexibility index (Phi) is 5.95. The summed E-state index contributed by atoms with van der Waals surface area (Å²) in [5.41, 5.74) is 2.43. The molecule has 1 heterocycles. The Morgan fingerprint density at radius 1 is 1.14 bits per heavy atom. The number of hydrogen-bond donors (Lipinski definition) is 0. The van der Waals surface area contributed by atoms with Crippen LogP contribution in [0.2, 0.25) is 5.02 Å². The highest BCUT2D eigenvalue weighted by molar-refractivity contribution is 7.89. The molecule has 2 aromatic rings. The minimum Gasteiger partial charge on any atom is -0.497 e. The molecule has 0 radical (unpaired) electrons. The van der Waals surface area contributed by atoms with Crippen LogP contribution in [0.15, 0.2) is 41.3 Å². The fraction of sp³-hybridized carbons (Fsp3) is 0.316. The lowest BCUT2D eigenvalue weighted by Gasteiger charge is -2.29. The third-order valence-electron chi connectivity index (χ3n) is 4.76. The van der Waals surface area contributed by atoms with Crippen molar-refractivity contribution in [1.29, 1.82) is 0 Å². The summed E-state index contributed by atoms with van der Waals surface area (Å²) in [4.78, 5) is 19.3. The lowest BCUT2D eigenvalue weighted by Crippen LogP contribution is -2.36. The number of amides is 1. The first kappa shape index (κ1) is 20.6. The topological polar surface area (TPSA) is 76.2 Å². The molecule has 0 unspecified atom stereocenters. The number of hydrogen-bond acceptors (Lipinski definition) is 5. The van der Waals surface area contributed by atoms with Crippen LogP contribution in [0, 0.1) is 0 Å². The zero-order chi connectivity index (χ0) is 20.5. The zero-order valence-corrected chi connectivity index (χ0v) is 17.4. The Morgan fingerprint density at radius 2 is 1.89 bits per heavy atom. The molecular formula is C19H21ClN2O5S. The summed E-state index contributed by atoms with van der Waals surface area (Å²) in [6.07, 6.45) is 0.718. The van der Waals surface area contributed by atoms with Crippen molar-refractivity contribution in [3.63, 3.8) is 0 Å². The molecule has 150 valence electrons. The molecular weight excluding hydrogens is 404 g/mol. The van der Waals surface area contributed by atoms with Gasteiger partial charge < -0.3 is 9.64 Å². The summed E-state index contributed by atoms with van der Waals surface area (Å²) in [6.45, 7) is 0.967. The van der Waals surface area contributed by atoms with Crippen LogP contribution in [0.25, 0.3) is 0 Å². The van der Waals surface area contributed by atoms with Crippen molar-refractivity contribution in [2.45, 2.75) is 17.9 Å². The van der Waals surface area contributed by atoms with E-state index in [1.165, 1.54) is 37.9 Å². The predicted molar refractivity (Wildman–Crippen MR) is 105 cm³/mol. The first-order valence-corrected chi connectivity index (χ1v) is 10.4. The van der Waals surface area contributed by atoms with E-state index in [1.54, 1.807) is 12.0 Å². The van der Waals surface area contributed by atoms with Crippen LogP contribution in [0.4, 0.5) is 0 Å². The predicted octanol–water partition coefficient (Wildman–Crippen LogP) is 2.73. The summed E-state index contributed by atoms with van der Waals surface area (Å²) in [6, 6.07) is 10.0. The van der Waals surface area contributed by atoms with Crippen molar-refractivity contribution in [3.05, 3.63) is 58.1 Å². The average Bonchev–Trinajstić information content (AvgIpc) is 2.71. The lowest BCUT2D eigenvalue weighted by atomic mass is 9.99. The van der Waals surface area contributed by atoms with Crippen LogP contribution < -0.4 is 4.74 Å². The molecule has 0 N–H and O–H groups in total. The summed E-state index contributed by atoms with van der Waals surface area (Å²) >= 11 is 6.07. The Labute approximate surface area is 169 Å². The first-order valence-electron chi connectivity index (χ1n) is 8.55. The van der Waals surface area contributed by atoms with Gasteiger partial charge in [0.15, 0.2) is 0 Å². The van der Waals surface area contributed by atoms with E-state index in [1.807, 2.05) is 18.2 Å². The van der Waals surface area contributed by atoms with Gasteiger partial charge in [-0.15, -0.1) is 0 Å². The third-order valence-corrected chi connectivity index (χ3v) is 6.93. The number of carbonyl (C=O) groups excluding carboxylic acids is 1. The zero-order valence-electron chi connectivity index (χ0n) is 15.8. The van der Waals surface area contributed by atoms with Gasteiger partial charge in [-0.3, -0.25) is 9.63 Å². The Morgan fingerprint density at radius 3 is 2.57 bits per heavy atom. The van der Waals surface area contributed by atoms with Crippen molar-refractivity contribution >= 4 is 27.5 Å². The molecule has 3 rings (SSSR count). The number of halogens is 1. The minimum absolute atomic E-state index is 0.0224. The highest BCUT2D eigenvalue weighted by Gasteiger charge is 2.27. The van der Waals surface area contributed by atoms with Gasteiger partial charge in [-0.05, 0) is 47.9 Å².